The van der Waals surface area contributed by atoms with Gasteiger partial charge in [-0.15, -0.1) is 0 Å². The lowest BCUT2D eigenvalue weighted by atomic mass is 10.1. The lowest BCUT2D eigenvalue weighted by Crippen LogP contribution is -2.24. The molecule has 0 aliphatic carbocycles. The minimum atomic E-state index is -0.263. The fourth-order valence-corrected chi connectivity index (χ4v) is 2.80. The van der Waals surface area contributed by atoms with Crippen LogP contribution < -0.4 is 10.6 Å². The molecule has 0 saturated heterocycles. The largest absolute Gasteiger partial charge is 0.336 e. The summed E-state index contributed by atoms with van der Waals surface area (Å²) < 4.78 is 15.2. The minimum absolute atomic E-state index is 0.0953. The van der Waals surface area contributed by atoms with E-state index < -0.39 is 0 Å². The van der Waals surface area contributed by atoms with Gasteiger partial charge >= 0.3 is 0 Å². The molecule has 0 aliphatic rings. The minimum Gasteiger partial charge on any atom is -0.336 e. The van der Waals surface area contributed by atoms with Crippen LogP contribution >= 0.6 is 0 Å². The zero-order valence-corrected chi connectivity index (χ0v) is 14.7. The Morgan fingerprint density at radius 1 is 1.15 bits per heavy atom. The third kappa shape index (κ3) is 4.34. The van der Waals surface area contributed by atoms with Crippen molar-refractivity contribution in [2.45, 2.75) is 19.5 Å². The Hall–Kier alpha value is -2.99. The van der Waals surface area contributed by atoms with Crippen LogP contribution in [0.15, 0.2) is 60.9 Å². The fourth-order valence-electron chi connectivity index (χ4n) is 2.80. The molecule has 26 heavy (non-hydrogen) atoms. The summed E-state index contributed by atoms with van der Waals surface area (Å²) in [5, 5.41) is 6.23. The number of benzene rings is 2. The Morgan fingerprint density at radius 3 is 2.42 bits per heavy atom. The second-order valence-electron chi connectivity index (χ2n) is 6.14. The van der Waals surface area contributed by atoms with Gasteiger partial charge in [0.1, 0.15) is 11.6 Å². The van der Waals surface area contributed by atoms with E-state index in [1.165, 1.54) is 19.1 Å². The number of hydrogen-bond acceptors (Lipinski definition) is 3. The molecule has 0 saturated carbocycles. The molecule has 2 aromatic carbocycles. The predicted octanol–water partition coefficient (Wildman–Crippen LogP) is 3.40. The van der Waals surface area contributed by atoms with Gasteiger partial charge in [0.15, 0.2) is 0 Å². The van der Waals surface area contributed by atoms with Gasteiger partial charge in [0.05, 0.1) is 6.04 Å². The molecule has 1 heterocycles. The van der Waals surface area contributed by atoms with E-state index in [1.807, 2.05) is 42.1 Å². The van der Waals surface area contributed by atoms with Crippen LogP contribution in [0.4, 0.5) is 10.1 Å². The third-order valence-electron chi connectivity index (χ3n) is 4.10. The molecule has 1 amide bonds. The molecule has 0 radical (unpaired) electrons. The molecule has 1 unspecified atom stereocenters. The number of rotatable bonds is 6. The number of aryl methyl sites for hydroxylation is 1. The lowest BCUT2D eigenvalue weighted by Gasteiger charge is -2.19. The number of nitrogens with zero attached hydrogens (tertiary/aromatic N) is 2. The normalized spacial score (nSPS) is 12.0. The van der Waals surface area contributed by atoms with Crippen molar-refractivity contribution in [1.29, 1.82) is 0 Å². The molecule has 0 spiro atoms. The van der Waals surface area contributed by atoms with Gasteiger partial charge in [-0.05, 0) is 35.4 Å². The Labute approximate surface area is 151 Å². The summed E-state index contributed by atoms with van der Waals surface area (Å²) in [7, 11) is 1.93. The number of anilines is 1. The van der Waals surface area contributed by atoms with Crippen LogP contribution in [0.5, 0.6) is 0 Å². The summed E-state index contributed by atoms with van der Waals surface area (Å²) in [6, 6.07) is 13.9. The molecule has 0 bridgehead atoms. The predicted molar refractivity (Wildman–Crippen MR) is 99.0 cm³/mol. The Bertz CT molecular complexity index is 872. The average Bonchev–Trinajstić information content (AvgIpc) is 3.03. The molecule has 3 aromatic rings. The van der Waals surface area contributed by atoms with E-state index in [9.17, 15) is 9.18 Å². The second kappa shape index (κ2) is 7.93. The summed E-state index contributed by atoms with van der Waals surface area (Å²) >= 11 is 0. The number of amides is 1. The Balaban J connectivity index is 1.77. The zero-order valence-electron chi connectivity index (χ0n) is 14.7. The van der Waals surface area contributed by atoms with Crippen LogP contribution in [-0.2, 0) is 18.4 Å². The quantitative estimate of drug-likeness (QED) is 0.715. The number of nitrogens with one attached hydrogen (secondary N) is 2. The molecule has 1 aromatic heterocycles. The second-order valence-corrected chi connectivity index (χ2v) is 6.14. The Morgan fingerprint density at radius 2 is 1.85 bits per heavy atom. The first-order valence-electron chi connectivity index (χ1n) is 8.35. The van der Waals surface area contributed by atoms with E-state index in [1.54, 1.807) is 18.3 Å². The van der Waals surface area contributed by atoms with E-state index in [0.29, 0.717) is 6.54 Å². The van der Waals surface area contributed by atoms with Crippen LogP contribution in [-0.4, -0.2) is 15.5 Å². The van der Waals surface area contributed by atoms with Crippen molar-refractivity contribution in [3.8, 4) is 0 Å². The van der Waals surface area contributed by atoms with Crippen LogP contribution in [0.1, 0.15) is 29.9 Å². The first-order chi connectivity index (χ1) is 12.5. The molecule has 5 nitrogen and oxygen atoms in total. The van der Waals surface area contributed by atoms with Gasteiger partial charge in [0.25, 0.3) is 0 Å². The molecule has 3 rings (SSSR count). The number of aromatic nitrogens is 2. The third-order valence-corrected chi connectivity index (χ3v) is 4.10. The molecule has 134 valence electrons. The van der Waals surface area contributed by atoms with E-state index in [0.717, 1.165) is 22.6 Å². The van der Waals surface area contributed by atoms with Gasteiger partial charge < -0.3 is 9.88 Å². The maximum Gasteiger partial charge on any atom is 0.221 e. The molecule has 1 atom stereocenters. The number of imidazole rings is 1. The number of carbonyl (C=O) groups is 1. The average molecular weight is 352 g/mol. The first kappa shape index (κ1) is 17.8. The van der Waals surface area contributed by atoms with E-state index >= 15 is 0 Å². The van der Waals surface area contributed by atoms with Gasteiger partial charge in [-0.25, -0.2) is 9.37 Å². The maximum atomic E-state index is 13.3. The van der Waals surface area contributed by atoms with Gasteiger partial charge in [-0.1, -0.05) is 24.3 Å². The molecule has 2 N–H and O–H groups in total. The van der Waals surface area contributed by atoms with Crippen molar-refractivity contribution >= 4 is 11.6 Å². The highest BCUT2D eigenvalue weighted by Crippen LogP contribution is 2.21. The van der Waals surface area contributed by atoms with Gasteiger partial charge in [0, 0.05) is 38.6 Å². The zero-order chi connectivity index (χ0) is 18.5. The first-order valence-corrected chi connectivity index (χ1v) is 8.35. The van der Waals surface area contributed by atoms with Crippen LogP contribution in [0.2, 0.25) is 0 Å². The fraction of sp³-hybridized carbons (Fsp3) is 0.200. The number of halogens is 1. The van der Waals surface area contributed by atoms with Crippen LogP contribution in [0.25, 0.3) is 0 Å². The van der Waals surface area contributed by atoms with Crippen molar-refractivity contribution in [3.05, 3.63) is 83.7 Å². The summed E-state index contributed by atoms with van der Waals surface area (Å²) in [6.45, 7) is 2.09. The Kier molecular flexibility index (Phi) is 5.43. The summed E-state index contributed by atoms with van der Waals surface area (Å²) in [6.07, 6.45) is 3.63. The highest BCUT2D eigenvalue weighted by atomic mass is 19.1. The molecule has 0 fully saturated rings. The molecule has 6 heteroatoms. The summed E-state index contributed by atoms with van der Waals surface area (Å²) in [4.78, 5) is 15.5. The van der Waals surface area contributed by atoms with Crippen molar-refractivity contribution in [2.75, 3.05) is 5.32 Å². The van der Waals surface area contributed by atoms with Gasteiger partial charge in [-0.2, -0.15) is 0 Å². The van der Waals surface area contributed by atoms with Gasteiger partial charge in [-0.3, -0.25) is 10.1 Å². The van der Waals surface area contributed by atoms with E-state index in [-0.39, 0.29) is 17.8 Å². The van der Waals surface area contributed by atoms with E-state index in [2.05, 4.69) is 15.6 Å². The van der Waals surface area contributed by atoms with Crippen molar-refractivity contribution < 1.29 is 9.18 Å². The standard InChI is InChI=1S/C20H21FN4O/c1-14(26)24-18-9-3-15(4-10-18)13-23-19(20-22-11-12-25(20)2)16-5-7-17(21)8-6-16/h3-12,19,23H,13H2,1-2H3,(H,24,26). The highest BCUT2D eigenvalue weighted by molar-refractivity contribution is 5.88. The number of hydrogen-bond donors (Lipinski definition) is 2. The van der Waals surface area contributed by atoms with Crippen molar-refractivity contribution in [3.63, 3.8) is 0 Å². The molecular weight excluding hydrogens is 331 g/mol. The molecule has 0 aliphatic heterocycles. The van der Waals surface area contributed by atoms with Crippen LogP contribution in [0, 0.1) is 5.82 Å². The summed E-state index contributed by atoms with van der Waals surface area (Å²) in [5.74, 6) is 0.495. The number of carbonyl (C=O) groups excluding carboxylic acids is 1. The maximum absolute atomic E-state index is 13.3. The summed E-state index contributed by atoms with van der Waals surface area (Å²) in [5.41, 5.74) is 2.77. The SMILES string of the molecule is CC(=O)Nc1ccc(CNC(c2ccc(F)cc2)c2nccn2C)cc1. The lowest BCUT2D eigenvalue weighted by molar-refractivity contribution is -0.114. The van der Waals surface area contributed by atoms with Crippen LogP contribution in [0.3, 0.4) is 0 Å². The molecular formula is C20H21FN4O. The smallest absolute Gasteiger partial charge is 0.221 e. The topological polar surface area (TPSA) is 59.0 Å². The van der Waals surface area contributed by atoms with Crippen molar-refractivity contribution in [2.24, 2.45) is 7.05 Å². The highest BCUT2D eigenvalue weighted by Gasteiger charge is 2.18. The van der Waals surface area contributed by atoms with Gasteiger partial charge in [0.2, 0.25) is 5.91 Å². The van der Waals surface area contributed by atoms with Crippen molar-refractivity contribution in [1.82, 2.24) is 14.9 Å². The monoisotopic (exact) mass is 352 g/mol. The van der Waals surface area contributed by atoms with E-state index in [4.69, 9.17) is 0 Å².